The molecule has 2 aromatic carbocycles. The summed E-state index contributed by atoms with van der Waals surface area (Å²) in [6.45, 7) is 10.6. The molecule has 1 amide bonds. The van der Waals surface area contributed by atoms with Gasteiger partial charge in [0.25, 0.3) is 5.56 Å². The zero-order chi connectivity index (χ0) is 24.3. The second kappa shape index (κ2) is 9.99. The molecule has 174 valence electrons. The maximum atomic E-state index is 13.4. The number of thioether (sulfide) groups is 1. The van der Waals surface area contributed by atoms with Crippen LogP contribution in [-0.4, -0.2) is 21.2 Å². The molecule has 4 rings (SSSR count). The van der Waals surface area contributed by atoms with E-state index in [0.29, 0.717) is 21.9 Å². The van der Waals surface area contributed by atoms with Crippen molar-refractivity contribution in [1.29, 1.82) is 0 Å². The van der Waals surface area contributed by atoms with Crippen molar-refractivity contribution in [3.05, 3.63) is 88.5 Å². The van der Waals surface area contributed by atoms with Crippen LogP contribution in [0.15, 0.2) is 82.6 Å². The number of fused-ring (bicyclic) bond motifs is 1. The Morgan fingerprint density at radius 1 is 1.15 bits per heavy atom. The molecule has 2 heterocycles. The van der Waals surface area contributed by atoms with E-state index in [1.807, 2.05) is 60.0 Å². The van der Waals surface area contributed by atoms with Crippen LogP contribution in [0.1, 0.15) is 26.3 Å². The van der Waals surface area contributed by atoms with Crippen molar-refractivity contribution >= 4 is 44.9 Å². The van der Waals surface area contributed by atoms with E-state index in [-0.39, 0.29) is 22.6 Å². The van der Waals surface area contributed by atoms with Crippen molar-refractivity contribution in [2.24, 2.45) is 0 Å². The number of nitrogens with zero attached hydrogens (tertiary/aromatic N) is 2. The maximum absolute atomic E-state index is 13.4. The first-order valence-corrected chi connectivity index (χ1v) is 12.9. The number of carbonyl (C=O) groups excluding carboxylic acids is 1. The van der Waals surface area contributed by atoms with Gasteiger partial charge < -0.3 is 5.32 Å². The minimum absolute atomic E-state index is 0.0552. The van der Waals surface area contributed by atoms with Gasteiger partial charge >= 0.3 is 0 Å². The molecule has 0 saturated heterocycles. The molecule has 0 aliphatic carbocycles. The summed E-state index contributed by atoms with van der Waals surface area (Å²) in [5, 5.41) is 6.01. The molecular weight excluding hydrogens is 462 g/mol. The number of thiophene rings is 1. The number of hydrogen-bond acceptors (Lipinski definition) is 5. The third-order valence-corrected chi connectivity index (χ3v) is 7.27. The van der Waals surface area contributed by atoms with Gasteiger partial charge in [-0.2, -0.15) is 0 Å². The molecule has 5 nitrogen and oxygen atoms in total. The number of rotatable bonds is 7. The topological polar surface area (TPSA) is 64.0 Å². The van der Waals surface area contributed by atoms with Crippen LogP contribution in [0, 0.1) is 0 Å². The number of aromatic nitrogens is 2. The van der Waals surface area contributed by atoms with Crippen molar-refractivity contribution < 1.29 is 4.79 Å². The molecule has 0 aliphatic heterocycles. The largest absolute Gasteiger partial charge is 0.325 e. The van der Waals surface area contributed by atoms with Gasteiger partial charge in [-0.15, -0.1) is 17.9 Å². The molecule has 0 saturated carbocycles. The highest BCUT2D eigenvalue weighted by Gasteiger charge is 2.18. The Morgan fingerprint density at radius 3 is 2.50 bits per heavy atom. The van der Waals surface area contributed by atoms with Gasteiger partial charge in [0, 0.05) is 23.2 Å². The lowest BCUT2D eigenvalue weighted by Gasteiger charge is -2.19. The number of anilines is 1. The molecule has 0 radical (unpaired) electrons. The lowest BCUT2D eigenvalue weighted by molar-refractivity contribution is -0.113. The zero-order valence-corrected chi connectivity index (χ0v) is 21.1. The van der Waals surface area contributed by atoms with Gasteiger partial charge in [0.05, 0.1) is 11.1 Å². The highest BCUT2D eigenvalue weighted by molar-refractivity contribution is 7.99. The smallest absolute Gasteiger partial charge is 0.263 e. The van der Waals surface area contributed by atoms with Gasteiger partial charge in [0.2, 0.25) is 5.91 Å². The Morgan fingerprint density at radius 2 is 1.85 bits per heavy atom. The van der Waals surface area contributed by atoms with E-state index in [9.17, 15) is 9.59 Å². The Balaban J connectivity index is 1.56. The minimum Gasteiger partial charge on any atom is -0.325 e. The molecule has 0 spiro atoms. The summed E-state index contributed by atoms with van der Waals surface area (Å²) in [7, 11) is 0. The van der Waals surface area contributed by atoms with Crippen molar-refractivity contribution in [2.75, 3.05) is 11.1 Å². The number of benzene rings is 2. The monoisotopic (exact) mass is 489 g/mol. The summed E-state index contributed by atoms with van der Waals surface area (Å²) >= 11 is 2.69. The predicted octanol–water partition coefficient (Wildman–Crippen LogP) is 6.34. The molecule has 1 N–H and O–H groups in total. The lowest BCUT2D eigenvalue weighted by atomic mass is 9.87. The first-order chi connectivity index (χ1) is 16.3. The molecule has 2 aromatic heterocycles. The summed E-state index contributed by atoms with van der Waals surface area (Å²) in [5.74, 6) is -0.00306. The average Bonchev–Trinajstić information content (AvgIpc) is 3.24. The van der Waals surface area contributed by atoms with Gasteiger partial charge in [-0.1, -0.05) is 81.1 Å². The van der Waals surface area contributed by atoms with Gasteiger partial charge in [-0.3, -0.25) is 14.2 Å². The fraction of sp³-hybridized carbons (Fsp3) is 0.222. The van der Waals surface area contributed by atoms with Crippen LogP contribution in [0.3, 0.4) is 0 Å². The number of allylic oxidation sites excluding steroid dienone is 1. The predicted molar refractivity (Wildman–Crippen MR) is 144 cm³/mol. The van der Waals surface area contributed by atoms with Crippen molar-refractivity contribution in [2.45, 2.75) is 37.9 Å². The molecule has 7 heteroatoms. The Kier molecular flexibility index (Phi) is 7.05. The number of hydrogen-bond donors (Lipinski definition) is 1. The van der Waals surface area contributed by atoms with E-state index in [0.717, 1.165) is 16.8 Å². The highest BCUT2D eigenvalue weighted by Crippen LogP contribution is 2.32. The standard InChI is InChI=1S/C27H27N3O2S2/c1-5-15-30-25(32)23-21(18-9-7-6-8-10-18)16-33-24(23)29-26(30)34-17-22(31)28-20-13-11-19(12-14-20)27(2,3)4/h5-14,16H,1,15,17H2,2-4H3,(H,28,31). The summed E-state index contributed by atoms with van der Waals surface area (Å²) in [6.07, 6.45) is 1.67. The fourth-order valence-electron chi connectivity index (χ4n) is 3.62. The number of carbonyl (C=O) groups is 1. The number of amides is 1. The molecule has 0 unspecified atom stereocenters. The summed E-state index contributed by atoms with van der Waals surface area (Å²) in [4.78, 5) is 31.4. The van der Waals surface area contributed by atoms with Crippen LogP contribution < -0.4 is 10.9 Å². The maximum Gasteiger partial charge on any atom is 0.263 e. The van der Waals surface area contributed by atoms with Crippen LogP contribution >= 0.6 is 23.1 Å². The summed E-state index contributed by atoms with van der Waals surface area (Å²) < 4.78 is 1.59. The normalized spacial score (nSPS) is 11.5. The number of nitrogens with one attached hydrogen (secondary N) is 1. The van der Waals surface area contributed by atoms with E-state index in [1.165, 1.54) is 28.7 Å². The molecule has 0 atom stereocenters. The molecular formula is C27H27N3O2S2. The molecule has 0 bridgehead atoms. The zero-order valence-electron chi connectivity index (χ0n) is 19.5. The average molecular weight is 490 g/mol. The lowest BCUT2D eigenvalue weighted by Crippen LogP contribution is -2.23. The van der Waals surface area contributed by atoms with E-state index < -0.39 is 0 Å². The highest BCUT2D eigenvalue weighted by atomic mass is 32.2. The Hall–Kier alpha value is -3.16. The van der Waals surface area contributed by atoms with Gasteiger partial charge in [-0.25, -0.2) is 4.98 Å². The van der Waals surface area contributed by atoms with Gasteiger partial charge in [0.1, 0.15) is 4.83 Å². The quantitative estimate of drug-likeness (QED) is 0.187. The minimum atomic E-state index is -0.149. The van der Waals surface area contributed by atoms with Crippen LogP contribution in [0.25, 0.3) is 21.3 Å². The van der Waals surface area contributed by atoms with E-state index in [4.69, 9.17) is 4.98 Å². The molecule has 34 heavy (non-hydrogen) atoms. The van der Waals surface area contributed by atoms with Crippen molar-refractivity contribution in [1.82, 2.24) is 9.55 Å². The summed E-state index contributed by atoms with van der Waals surface area (Å²) in [6, 6.07) is 17.7. The first kappa shape index (κ1) is 24.0. The summed E-state index contributed by atoms with van der Waals surface area (Å²) in [5.41, 5.74) is 3.75. The van der Waals surface area contributed by atoms with E-state index in [1.54, 1.807) is 10.6 Å². The van der Waals surface area contributed by atoms with Gasteiger partial charge in [0.15, 0.2) is 5.16 Å². The third kappa shape index (κ3) is 5.16. The Bertz CT molecular complexity index is 1380. The second-order valence-corrected chi connectivity index (χ2v) is 10.8. The third-order valence-electron chi connectivity index (χ3n) is 5.42. The van der Waals surface area contributed by atoms with Crippen LogP contribution in [0.4, 0.5) is 5.69 Å². The van der Waals surface area contributed by atoms with Crippen molar-refractivity contribution in [3.8, 4) is 11.1 Å². The SMILES string of the molecule is C=CCn1c(SCC(=O)Nc2ccc(C(C)(C)C)cc2)nc2scc(-c3ccccc3)c2c1=O. The first-order valence-electron chi connectivity index (χ1n) is 11.0. The van der Waals surface area contributed by atoms with Crippen LogP contribution in [0.2, 0.25) is 0 Å². The second-order valence-electron chi connectivity index (χ2n) is 8.96. The fourth-order valence-corrected chi connectivity index (χ4v) is 5.41. The van der Waals surface area contributed by atoms with Crippen LogP contribution in [-0.2, 0) is 16.8 Å². The van der Waals surface area contributed by atoms with E-state index in [2.05, 4.69) is 32.7 Å². The molecule has 4 aromatic rings. The van der Waals surface area contributed by atoms with E-state index >= 15 is 0 Å². The Labute approximate surface area is 207 Å². The van der Waals surface area contributed by atoms with Crippen molar-refractivity contribution in [3.63, 3.8) is 0 Å². The van der Waals surface area contributed by atoms with Gasteiger partial charge in [-0.05, 0) is 28.7 Å². The molecule has 0 aliphatic rings. The molecule has 0 fully saturated rings. The van der Waals surface area contributed by atoms with Crippen LogP contribution in [0.5, 0.6) is 0 Å².